The number of benzene rings is 4. The highest BCUT2D eigenvalue weighted by Gasteiger charge is 2.64. The summed E-state index contributed by atoms with van der Waals surface area (Å²) >= 11 is 0. The topological polar surface area (TPSA) is 113 Å². The maximum absolute atomic E-state index is 12.5. The molecule has 10 heteroatoms. The minimum atomic E-state index is -0.849. The van der Waals surface area contributed by atoms with Crippen molar-refractivity contribution in [2.75, 3.05) is 11.9 Å². The van der Waals surface area contributed by atoms with E-state index in [0.717, 1.165) is 27.6 Å². The summed E-state index contributed by atoms with van der Waals surface area (Å²) in [4.78, 5) is 24.7. The van der Waals surface area contributed by atoms with E-state index in [9.17, 15) is 4.79 Å². The molecular weight excluding hydrogens is 667 g/mol. The number of anilines is 1. The Labute approximate surface area is 306 Å². The van der Waals surface area contributed by atoms with Crippen LogP contribution in [-0.2, 0) is 19.7 Å². The molecule has 0 amide bonds. The number of fused-ring (bicyclic) bond motifs is 3. The molecular formula is C43H39N5O5. The van der Waals surface area contributed by atoms with Crippen molar-refractivity contribution in [3.8, 4) is 5.75 Å². The van der Waals surface area contributed by atoms with Crippen LogP contribution in [0.2, 0.25) is 0 Å². The predicted molar refractivity (Wildman–Crippen MR) is 203 cm³/mol. The summed E-state index contributed by atoms with van der Waals surface area (Å²) in [6.45, 7) is 5.97. The summed E-state index contributed by atoms with van der Waals surface area (Å²) in [6.07, 6.45) is 1.63. The smallest absolute Gasteiger partial charge is 0.260 e. The van der Waals surface area contributed by atoms with Gasteiger partial charge in [0.25, 0.3) is 5.56 Å². The van der Waals surface area contributed by atoms with Crippen LogP contribution in [-0.4, -0.2) is 49.7 Å². The Balaban J connectivity index is 1.03. The average molecular weight is 706 g/mol. The lowest BCUT2D eigenvalue weighted by atomic mass is 9.77. The number of aromatic amines is 1. The van der Waals surface area contributed by atoms with E-state index in [1.807, 2.05) is 67.8 Å². The maximum atomic E-state index is 12.5. The van der Waals surface area contributed by atoms with Crippen molar-refractivity contribution < 1.29 is 18.9 Å². The van der Waals surface area contributed by atoms with E-state index in [0.29, 0.717) is 22.6 Å². The van der Waals surface area contributed by atoms with E-state index in [1.165, 1.54) is 6.33 Å². The number of ether oxygens (including phenoxy) is 4. The van der Waals surface area contributed by atoms with E-state index in [-0.39, 0.29) is 12.2 Å². The Morgan fingerprint density at radius 1 is 0.849 bits per heavy atom. The summed E-state index contributed by atoms with van der Waals surface area (Å²) in [5.41, 5.74) is 2.80. The molecule has 9 rings (SSSR count). The van der Waals surface area contributed by atoms with Gasteiger partial charge in [-0.1, -0.05) is 91.0 Å². The molecule has 3 aromatic heterocycles. The normalized spacial score (nSPS) is 22.2. The first-order valence-electron chi connectivity index (χ1n) is 17.8. The summed E-state index contributed by atoms with van der Waals surface area (Å²) in [7, 11) is 0. The van der Waals surface area contributed by atoms with Crippen LogP contribution >= 0.6 is 0 Å². The molecule has 0 saturated carbocycles. The average Bonchev–Trinajstić information content (AvgIpc) is 3.80. The van der Waals surface area contributed by atoms with Gasteiger partial charge in [0, 0.05) is 17.6 Å². The highest BCUT2D eigenvalue weighted by atomic mass is 16.8. The monoisotopic (exact) mass is 705 g/mol. The fourth-order valence-corrected chi connectivity index (χ4v) is 8.00. The zero-order valence-corrected chi connectivity index (χ0v) is 29.6. The Morgan fingerprint density at radius 3 is 2.15 bits per heavy atom. The zero-order valence-electron chi connectivity index (χ0n) is 29.6. The van der Waals surface area contributed by atoms with Crippen LogP contribution in [0.25, 0.3) is 21.9 Å². The first-order valence-corrected chi connectivity index (χ1v) is 17.8. The van der Waals surface area contributed by atoms with Gasteiger partial charge in [0.05, 0.1) is 17.2 Å². The fraction of sp³-hybridized carbons (Fsp3) is 0.233. The van der Waals surface area contributed by atoms with Crippen molar-refractivity contribution in [3.05, 3.63) is 167 Å². The van der Waals surface area contributed by atoms with Gasteiger partial charge in [-0.15, -0.1) is 0 Å². The second kappa shape index (κ2) is 12.7. The van der Waals surface area contributed by atoms with Crippen molar-refractivity contribution in [2.24, 2.45) is 0 Å². The van der Waals surface area contributed by atoms with Crippen LogP contribution in [0.5, 0.6) is 5.75 Å². The number of rotatable bonds is 9. The number of hydrogen-bond donors (Lipinski definition) is 2. The predicted octanol–water partition coefficient (Wildman–Crippen LogP) is 7.56. The van der Waals surface area contributed by atoms with Crippen LogP contribution in [0.3, 0.4) is 0 Å². The van der Waals surface area contributed by atoms with E-state index >= 15 is 0 Å². The molecule has 4 atom stereocenters. The van der Waals surface area contributed by atoms with E-state index in [1.54, 1.807) is 12.3 Å². The van der Waals surface area contributed by atoms with E-state index in [4.69, 9.17) is 23.9 Å². The van der Waals surface area contributed by atoms with Gasteiger partial charge >= 0.3 is 0 Å². The Hall–Kier alpha value is -5.81. The molecule has 4 aromatic carbocycles. The highest BCUT2D eigenvalue weighted by Crippen LogP contribution is 2.51. The number of H-pyrrole nitrogens is 1. The van der Waals surface area contributed by atoms with Crippen LogP contribution in [0.15, 0.2) is 145 Å². The highest BCUT2D eigenvalue weighted by molar-refractivity contribution is 5.82. The van der Waals surface area contributed by atoms with Crippen LogP contribution < -0.4 is 15.6 Å². The lowest BCUT2D eigenvalue weighted by Crippen LogP contribution is -2.46. The zero-order chi connectivity index (χ0) is 36.2. The van der Waals surface area contributed by atoms with Crippen molar-refractivity contribution in [2.45, 2.75) is 56.1 Å². The van der Waals surface area contributed by atoms with Gasteiger partial charge < -0.3 is 33.8 Å². The standard InChI is InChI=1S/C43H39N5O5/c1-41(2)52-37-40(48-24-23-33-38(48)44-27-45-39(33)49)51-35(42(37,3)53-41)26-50-32-21-19-28-20-22-36(46-34(28)25-32)47-43(29-13-7-4-8-14-29,30-15-9-5-10-16-30)31-17-11-6-12-18-31/h4-25,27,35,37,40H,26H2,1-3H3,(H,46,47)(H,44,45,49)/t35-,37+,40-,42-/m1/s1. The molecule has 10 nitrogen and oxygen atoms in total. The van der Waals surface area contributed by atoms with Gasteiger partial charge in [-0.25, -0.2) is 9.97 Å². The van der Waals surface area contributed by atoms with Gasteiger partial charge in [-0.2, -0.15) is 0 Å². The molecule has 2 aliphatic heterocycles. The van der Waals surface area contributed by atoms with Gasteiger partial charge in [0.15, 0.2) is 12.0 Å². The van der Waals surface area contributed by atoms with E-state index in [2.05, 4.69) is 94.1 Å². The largest absolute Gasteiger partial charge is 0.491 e. The van der Waals surface area contributed by atoms with Gasteiger partial charge in [-0.05, 0) is 67.8 Å². The minimum absolute atomic E-state index is 0.193. The number of pyridine rings is 1. The number of hydrogen-bond acceptors (Lipinski definition) is 8. The second-order valence-corrected chi connectivity index (χ2v) is 14.3. The summed E-state index contributed by atoms with van der Waals surface area (Å²) in [5.74, 6) is 0.513. The molecule has 5 heterocycles. The van der Waals surface area contributed by atoms with Gasteiger partial charge in [0.1, 0.15) is 47.2 Å². The molecule has 53 heavy (non-hydrogen) atoms. The molecule has 0 aliphatic carbocycles. The molecule has 0 radical (unpaired) electrons. The quantitative estimate of drug-likeness (QED) is 0.148. The lowest BCUT2D eigenvalue weighted by Gasteiger charge is -2.37. The molecule has 2 saturated heterocycles. The maximum Gasteiger partial charge on any atom is 0.260 e. The van der Waals surface area contributed by atoms with Crippen LogP contribution in [0, 0.1) is 0 Å². The minimum Gasteiger partial charge on any atom is -0.491 e. The molecule has 2 aliphatic rings. The number of nitrogens with zero attached hydrogens (tertiary/aromatic N) is 3. The first-order chi connectivity index (χ1) is 25.7. The number of aromatic nitrogens is 4. The van der Waals surface area contributed by atoms with Crippen LogP contribution in [0.1, 0.15) is 43.7 Å². The summed E-state index contributed by atoms with van der Waals surface area (Å²) in [6, 6.07) is 43.1. The molecule has 266 valence electrons. The summed E-state index contributed by atoms with van der Waals surface area (Å²) < 4.78 is 27.9. The van der Waals surface area contributed by atoms with E-state index < -0.39 is 35.4 Å². The molecule has 0 spiro atoms. The third-order valence-corrected chi connectivity index (χ3v) is 10.4. The van der Waals surface area contributed by atoms with Crippen molar-refractivity contribution in [3.63, 3.8) is 0 Å². The Bertz CT molecular complexity index is 2370. The lowest BCUT2D eigenvalue weighted by molar-refractivity contribution is -0.213. The SMILES string of the molecule is CC1(C)O[C@H]2[C@H](n3ccc4c(=O)[nH]cnc43)O[C@H](COc3ccc4ccc(NC(c5ccccc5)(c5ccccc5)c5ccccc5)nc4c3)[C@@]2(C)O1. The Kier molecular flexibility index (Phi) is 7.92. The van der Waals surface area contributed by atoms with Crippen molar-refractivity contribution in [1.82, 2.24) is 19.5 Å². The molecule has 0 unspecified atom stereocenters. The molecule has 0 bridgehead atoms. The van der Waals surface area contributed by atoms with Gasteiger partial charge in [-0.3, -0.25) is 4.79 Å². The van der Waals surface area contributed by atoms with Crippen molar-refractivity contribution in [1.29, 1.82) is 0 Å². The van der Waals surface area contributed by atoms with Crippen LogP contribution in [0.4, 0.5) is 5.82 Å². The third-order valence-electron chi connectivity index (χ3n) is 10.4. The first kappa shape index (κ1) is 33.1. The Morgan fingerprint density at radius 2 is 1.49 bits per heavy atom. The summed E-state index contributed by atoms with van der Waals surface area (Å²) in [5, 5.41) is 5.32. The van der Waals surface area contributed by atoms with Crippen molar-refractivity contribution >= 4 is 27.8 Å². The van der Waals surface area contributed by atoms with Gasteiger partial charge in [0.2, 0.25) is 0 Å². The molecule has 7 aromatic rings. The second-order valence-electron chi connectivity index (χ2n) is 14.3. The fourth-order valence-electron chi connectivity index (χ4n) is 8.00. The molecule has 2 N–H and O–H groups in total. The molecule has 2 fully saturated rings. The number of nitrogens with one attached hydrogen (secondary N) is 2. The third kappa shape index (κ3) is 5.66.